The molecule has 0 unspecified atom stereocenters. The van der Waals surface area contributed by atoms with Crippen molar-refractivity contribution in [2.45, 2.75) is 18.7 Å². The molecular formula is C19H21N3O5S. The number of benzene rings is 2. The highest BCUT2D eigenvalue weighted by atomic mass is 32.2. The molecule has 2 N–H and O–H groups in total. The van der Waals surface area contributed by atoms with Crippen LogP contribution < -0.4 is 15.4 Å². The van der Waals surface area contributed by atoms with Gasteiger partial charge < -0.3 is 15.4 Å². The lowest BCUT2D eigenvalue weighted by Crippen LogP contribution is -2.35. The summed E-state index contributed by atoms with van der Waals surface area (Å²) in [6.45, 7) is 3.03. The number of ether oxygens (including phenoxy) is 1. The van der Waals surface area contributed by atoms with E-state index in [2.05, 4.69) is 10.6 Å². The van der Waals surface area contributed by atoms with Gasteiger partial charge >= 0.3 is 0 Å². The number of aryl methyl sites for hydroxylation is 2. The fourth-order valence-electron chi connectivity index (χ4n) is 2.79. The molecule has 28 heavy (non-hydrogen) atoms. The molecule has 0 atom stereocenters. The van der Waals surface area contributed by atoms with Gasteiger partial charge in [0.05, 0.1) is 17.1 Å². The van der Waals surface area contributed by atoms with Crippen molar-refractivity contribution in [3.8, 4) is 5.75 Å². The minimum absolute atomic E-state index is 0.0213. The Morgan fingerprint density at radius 3 is 2.57 bits per heavy atom. The fourth-order valence-corrected chi connectivity index (χ4v) is 4.13. The molecule has 2 aromatic rings. The Labute approximate surface area is 163 Å². The van der Waals surface area contributed by atoms with Crippen LogP contribution in [0, 0.1) is 13.8 Å². The van der Waals surface area contributed by atoms with Gasteiger partial charge in [-0.05, 0) is 37.6 Å². The molecule has 3 rings (SSSR count). The van der Waals surface area contributed by atoms with Gasteiger partial charge in [0.1, 0.15) is 5.75 Å². The van der Waals surface area contributed by atoms with E-state index in [0.29, 0.717) is 16.9 Å². The third-order valence-corrected chi connectivity index (χ3v) is 6.25. The molecule has 0 radical (unpaired) electrons. The maximum absolute atomic E-state index is 12.9. The van der Waals surface area contributed by atoms with Crippen molar-refractivity contribution in [1.29, 1.82) is 0 Å². The average molecular weight is 403 g/mol. The molecule has 0 saturated carbocycles. The van der Waals surface area contributed by atoms with Crippen molar-refractivity contribution in [3.63, 3.8) is 0 Å². The first-order chi connectivity index (χ1) is 13.2. The van der Waals surface area contributed by atoms with Gasteiger partial charge in [-0.3, -0.25) is 9.59 Å². The number of likely N-dealkylation sites (N-methyl/N-ethyl adjacent to an activating group) is 1. The zero-order chi connectivity index (χ0) is 20.5. The van der Waals surface area contributed by atoms with Crippen molar-refractivity contribution in [1.82, 2.24) is 4.31 Å². The van der Waals surface area contributed by atoms with E-state index in [4.69, 9.17) is 4.74 Å². The minimum Gasteiger partial charge on any atom is -0.482 e. The number of amides is 2. The van der Waals surface area contributed by atoms with Crippen LogP contribution in [0.3, 0.4) is 0 Å². The molecule has 0 fully saturated rings. The largest absolute Gasteiger partial charge is 0.482 e. The van der Waals surface area contributed by atoms with Crippen LogP contribution in [0.2, 0.25) is 0 Å². The monoisotopic (exact) mass is 403 g/mol. The predicted octanol–water partition coefficient (Wildman–Crippen LogP) is 1.89. The number of nitrogens with one attached hydrogen (secondary N) is 2. The van der Waals surface area contributed by atoms with Crippen LogP contribution in [0.15, 0.2) is 41.3 Å². The second-order valence-corrected chi connectivity index (χ2v) is 8.64. The van der Waals surface area contributed by atoms with Crippen LogP contribution in [0.5, 0.6) is 5.75 Å². The summed E-state index contributed by atoms with van der Waals surface area (Å²) in [5, 5.41) is 5.31. The quantitative estimate of drug-likeness (QED) is 0.793. The molecule has 9 heteroatoms. The summed E-state index contributed by atoms with van der Waals surface area (Å²) < 4.78 is 32.2. The Morgan fingerprint density at radius 2 is 1.89 bits per heavy atom. The Kier molecular flexibility index (Phi) is 5.39. The highest BCUT2D eigenvalue weighted by molar-refractivity contribution is 7.89. The van der Waals surface area contributed by atoms with Crippen molar-refractivity contribution in [2.24, 2.45) is 0 Å². The van der Waals surface area contributed by atoms with E-state index in [1.807, 2.05) is 19.1 Å². The average Bonchev–Trinajstić information content (AvgIpc) is 2.62. The zero-order valence-corrected chi connectivity index (χ0v) is 16.6. The summed E-state index contributed by atoms with van der Waals surface area (Å²) in [5.74, 6) is -0.470. The van der Waals surface area contributed by atoms with E-state index in [-0.39, 0.29) is 29.7 Å². The molecule has 1 heterocycles. The molecule has 0 spiro atoms. The van der Waals surface area contributed by atoms with Crippen molar-refractivity contribution in [3.05, 3.63) is 47.5 Å². The third-order valence-electron chi connectivity index (χ3n) is 4.30. The molecule has 8 nitrogen and oxygen atoms in total. The van der Waals surface area contributed by atoms with E-state index < -0.39 is 15.9 Å². The van der Waals surface area contributed by atoms with Gasteiger partial charge in [0.2, 0.25) is 15.9 Å². The highest BCUT2D eigenvalue weighted by Gasteiger charge is 2.28. The van der Waals surface area contributed by atoms with Gasteiger partial charge in [-0.15, -0.1) is 0 Å². The molecular weight excluding hydrogens is 382 g/mol. The summed E-state index contributed by atoms with van der Waals surface area (Å²) in [4.78, 5) is 23.7. The number of carbonyl (C=O) groups excluding carboxylic acids is 2. The maximum Gasteiger partial charge on any atom is 0.262 e. The number of anilines is 2. The fraction of sp³-hybridized carbons (Fsp3) is 0.263. The summed E-state index contributed by atoms with van der Waals surface area (Å²) >= 11 is 0. The van der Waals surface area contributed by atoms with E-state index >= 15 is 0 Å². The number of carbonyl (C=O) groups is 2. The van der Waals surface area contributed by atoms with Gasteiger partial charge in [-0.2, -0.15) is 4.31 Å². The molecule has 148 valence electrons. The molecule has 0 saturated heterocycles. The normalized spacial score (nSPS) is 13.5. The van der Waals surface area contributed by atoms with Crippen molar-refractivity contribution in [2.75, 3.05) is 30.8 Å². The van der Waals surface area contributed by atoms with E-state index in [1.54, 1.807) is 25.1 Å². The second-order valence-electron chi connectivity index (χ2n) is 6.63. The number of nitrogens with zero attached hydrogens (tertiary/aromatic N) is 1. The van der Waals surface area contributed by atoms with Gasteiger partial charge in [0.15, 0.2) is 6.61 Å². The summed E-state index contributed by atoms with van der Waals surface area (Å²) in [6, 6.07) is 10.1. The first kappa shape index (κ1) is 19.8. The SMILES string of the molecule is Cc1ccc(NC(=O)CN(C)S(=O)(=O)c2cc3c(cc2C)NC(=O)CO3)cc1. The van der Waals surface area contributed by atoms with Crippen LogP contribution in [0.4, 0.5) is 11.4 Å². The van der Waals surface area contributed by atoms with Crippen LogP contribution >= 0.6 is 0 Å². The Balaban J connectivity index is 1.77. The van der Waals surface area contributed by atoms with E-state index in [0.717, 1.165) is 9.87 Å². The highest BCUT2D eigenvalue weighted by Crippen LogP contribution is 2.33. The maximum atomic E-state index is 12.9. The van der Waals surface area contributed by atoms with Crippen molar-refractivity contribution < 1.29 is 22.7 Å². The Morgan fingerprint density at radius 1 is 1.21 bits per heavy atom. The van der Waals surface area contributed by atoms with Gasteiger partial charge in [-0.25, -0.2) is 8.42 Å². The predicted molar refractivity (Wildman–Crippen MR) is 105 cm³/mol. The lowest BCUT2D eigenvalue weighted by molar-refractivity contribution is -0.118. The first-order valence-corrected chi connectivity index (χ1v) is 10.0. The van der Waals surface area contributed by atoms with Crippen LogP contribution in [0.25, 0.3) is 0 Å². The topological polar surface area (TPSA) is 105 Å². The van der Waals surface area contributed by atoms with E-state index in [1.165, 1.54) is 13.1 Å². The van der Waals surface area contributed by atoms with Crippen LogP contribution in [0.1, 0.15) is 11.1 Å². The number of hydrogen-bond donors (Lipinski definition) is 2. The summed E-state index contributed by atoms with van der Waals surface area (Å²) in [5.41, 5.74) is 2.51. The first-order valence-electron chi connectivity index (χ1n) is 8.57. The Hall–Kier alpha value is -2.91. The molecule has 0 aliphatic carbocycles. The van der Waals surface area contributed by atoms with Crippen LogP contribution in [-0.4, -0.2) is 44.7 Å². The molecule has 2 aromatic carbocycles. The van der Waals surface area contributed by atoms with Gasteiger partial charge in [0.25, 0.3) is 5.91 Å². The second kappa shape index (κ2) is 7.61. The summed E-state index contributed by atoms with van der Waals surface area (Å²) in [7, 11) is -2.59. The number of fused-ring (bicyclic) bond motifs is 1. The Bertz CT molecular complexity index is 1030. The number of sulfonamides is 1. The van der Waals surface area contributed by atoms with Crippen molar-refractivity contribution >= 4 is 33.2 Å². The number of rotatable bonds is 5. The molecule has 1 aliphatic rings. The van der Waals surface area contributed by atoms with Crippen LogP contribution in [-0.2, 0) is 19.6 Å². The zero-order valence-electron chi connectivity index (χ0n) is 15.8. The molecule has 1 aliphatic heterocycles. The summed E-state index contributed by atoms with van der Waals surface area (Å²) in [6.07, 6.45) is 0. The molecule has 2 amide bonds. The molecule has 0 bridgehead atoms. The molecule has 0 aromatic heterocycles. The lowest BCUT2D eigenvalue weighted by Gasteiger charge is -2.22. The lowest BCUT2D eigenvalue weighted by atomic mass is 10.2. The third kappa shape index (κ3) is 4.15. The van der Waals surface area contributed by atoms with E-state index in [9.17, 15) is 18.0 Å². The standard InChI is InChI=1S/C19H21N3O5S/c1-12-4-6-14(7-5-12)20-18(23)10-22(3)28(25,26)17-9-16-15(8-13(17)2)21-19(24)11-27-16/h4-9H,10-11H2,1-3H3,(H,20,23)(H,21,24). The van der Waals surface area contributed by atoms with Gasteiger partial charge in [0, 0.05) is 18.8 Å². The smallest absolute Gasteiger partial charge is 0.262 e. The van der Waals surface area contributed by atoms with Gasteiger partial charge in [-0.1, -0.05) is 17.7 Å². The number of hydrogen-bond acceptors (Lipinski definition) is 5. The minimum atomic E-state index is -3.93.